The molecule has 0 aliphatic rings. The molecule has 2 nitrogen and oxygen atoms in total. The average Bonchev–Trinajstić information content (AvgIpc) is 2.43. The Morgan fingerprint density at radius 1 is 0.762 bits per heavy atom. The van der Waals surface area contributed by atoms with Gasteiger partial charge in [-0.25, -0.2) is 0 Å². The Labute approximate surface area is 133 Å². The topological polar surface area (TPSA) is 20.3 Å². The normalized spacial score (nSPS) is 10.5. The van der Waals surface area contributed by atoms with Crippen molar-refractivity contribution in [3.8, 4) is 0 Å². The maximum absolute atomic E-state index is 12.2. The number of carbonyl (C=O) groups excluding carboxylic acids is 1. The zero-order valence-electron chi connectivity index (χ0n) is 14.9. The van der Waals surface area contributed by atoms with Gasteiger partial charge in [0.25, 0.3) is 0 Å². The summed E-state index contributed by atoms with van der Waals surface area (Å²) in [6.07, 6.45) is 14.4. The van der Waals surface area contributed by atoms with E-state index in [4.69, 9.17) is 0 Å². The minimum absolute atomic E-state index is 0.209. The van der Waals surface area contributed by atoms with Gasteiger partial charge in [0.05, 0.1) is 0 Å². The Balaban J connectivity index is 4.09. The predicted molar refractivity (Wildman–Crippen MR) is 93.5 cm³/mol. The van der Waals surface area contributed by atoms with E-state index in [0.717, 1.165) is 31.5 Å². The fourth-order valence-corrected chi connectivity index (χ4v) is 2.48. The van der Waals surface area contributed by atoms with Crippen molar-refractivity contribution in [2.75, 3.05) is 13.1 Å². The smallest absolute Gasteiger partial charge is 0.246 e. The fourth-order valence-electron chi connectivity index (χ4n) is 2.48. The second kappa shape index (κ2) is 14.2. The van der Waals surface area contributed by atoms with Crippen molar-refractivity contribution >= 4 is 5.91 Å². The summed E-state index contributed by atoms with van der Waals surface area (Å²) in [5, 5.41) is 0. The molecule has 2 heteroatoms. The highest BCUT2D eigenvalue weighted by atomic mass is 16.2. The number of nitrogens with zero attached hydrogens (tertiary/aromatic N) is 1. The van der Waals surface area contributed by atoms with Gasteiger partial charge < -0.3 is 4.90 Å². The molecule has 1 amide bonds. The molecule has 0 aromatic rings. The largest absolute Gasteiger partial charge is 0.339 e. The summed E-state index contributed by atoms with van der Waals surface area (Å²) in [4.78, 5) is 14.3. The number of unbranched alkanes of at least 4 members (excludes halogenated alkanes) is 8. The van der Waals surface area contributed by atoms with Gasteiger partial charge in [-0.1, -0.05) is 70.8 Å². The van der Waals surface area contributed by atoms with Gasteiger partial charge in [-0.3, -0.25) is 4.79 Å². The number of carbonyl (C=O) groups is 1. The van der Waals surface area contributed by atoms with Crippen LogP contribution in [0.1, 0.15) is 91.9 Å². The second-order valence-corrected chi connectivity index (χ2v) is 6.38. The Morgan fingerprint density at radius 2 is 1.19 bits per heavy atom. The molecule has 0 fully saturated rings. The molecule has 0 aromatic heterocycles. The van der Waals surface area contributed by atoms with Crippen molar-refractivity contribution < 1.29 is 4.79 Å². The van der Waals surface area contributed by atoms with Gasteiger partial charge in [0.15, 0.2) is 0 Å². The van der Waals surface area contributed by atoms with Gasteiger partial charge in [-0.15, -0.1) is 0 Å². The lowest BCUT2D eigenvalue weighted by atomic mass is 10.1. The first-order chi connectivity index (χ1) is 10.1. The Morgan fingerprint density at radius 3 is 1.57 bits per heavy atom. The van der Waals surface area contributed by atoms with Crippen LogP contribution in [-0.4, -0.2) is 23.9 Å². The molecule has 0 rings (SSSR count). The number of hydrogen-bond donors (Lipinski definition) is 0. The summed E-state index contributed by atoms with van der Waals surface area (Å²) in [5.74, 6) is 0.209. The third kappa shape index (κ3) is 12.6. The van der Waals surface area contributed by atoms with E-state index < -0.39 is 0 Å². The number of hydrogen-bond acceptors (Lipinski definition) is 1. The quantitative estimate of drug-likeness (QED) is 0.314. The molecular weight excluding hydrogens is 258 g/mol. The van der Waals surface area contributed by atoms with Crippen LogP contribution in [0.4, 0.5) is 0 Å². The Hall–Kier alpha value is -0.790. The van der Waals surface area contributed by atoms with Crippen molar-refractivity contribution in [1.29, 1.82) is 0 Å². The summed E-state index contributed by atoms with van der Waals surface area (Å²) >= 11 is 0. The van der Waals surface area contributed by atoms with Crippen LogP contribution in [-0.2, 0) is 4.79 Å². The van der Waals surface area contributed by atoms with Crippen LogP contribution in [0.3, 0.4) is 0 Å². The van der Waals surface area contributed by atoms with E-state index in [9.17, 15) is 4.79 Å². The fraction of sp³-hybridized carbons (Fsp3) is 0.842. The lowest BCUT2D eigenvalue weighted by molar-refractivity contribution is -0.126. The molecule has 0 bridgehead atoms. The summed E-state index contributed by atoms with van der Waals surface area (Å²) < 4.78 is 0. The van der Waals surface area contributed by atoms with Gasteiger partial charge in [-0.05, 0) is 26.7 Å². The minimum atomic E-state index is 0.209. The Kier molecular flexibility index (Phi) is 13.6. The molecule has 0 heterocycles. The van der Waals surface area contributed by atoms with Gasteiger partial charge in [0.1, 0.15) is 0 Å². The van der Waals surface area contributed by atoms with Crippen LogP contribution in [0.5, 0.6) is 0 Å². The molecule has 21 heavy (non-hydrogen) atoms. The van der Waals surface area contributed by atoms with Crippen LogP contribution in [0.25, 0.3) is 0 Å². The first kappa shape index (κ1) is 20.2. The van der Waals surface area contributed by atoms with Gasteiger partial charge >= 0.3 is 0 Å². The van der Waals surface area contributed by atoms with Crippen molar-refractivity contribution in [2.24, 2.45) is 0 Å². The average molecular weight is 296 g/mol. The first-order valence-electron chi connectivity index (χ1n) is 9.05. The minimum Gasteiger partial charge on any atom is -0.339 e. The van der Waals surface area contributed by atoms with Gasteiger partial charge in [0, 0.05) is 19.2 Å². The monoisotopic (exact) mass is 295 g/mol. The number of amides is 1. The van der Waals surface area contributed by atoms with E-state index in [2.05, 4.69) is 18.7 Å². The predicted octanol–water partition coefficient (Wildman–Crippen LogP) is 5.72. The van der Waals surface area contributed by atoms with E-state index in [1.54, 1.807) is 6.08 Å². The van der Waals surface area contributed by atoms with E-state index in [1.165, 1.54) is 51.4 Å². The second-order valence-electron chi connectivity index (χ2n) is 6.38. The molecule has 0 saturated carbocycles. The molecule has 0 saturated heterocycles. The van der Waals surface area contributed by atoms with Crippen LogP contribution in [0.15, 0.2) is 11.6 Å². The maximum Gasteiger partial charge on any atom is 0.246 e. The maximum atomic E-state index is 12.2. The molecule has 0 aliphatic heterocycles. The zero-order chi connectivity index (χ0) is 15.9. The van der Waals surface area contributed by atoms with Crippen LogP contribution in [0, 0.1) is 0 Å². The van der Waals surface area contributed by atoms with Crippen LogP contribution >= 0.6 is 0 Å². The third-order valence-corrected chi connectivity index (χ3v) is 3.79. The Bertz CT molecular complexity index is 265. The van der Waals surface area contributed by atoms with E-state index in [0.29, 0.717) is 0 Å². The lowest BCUT2D eigenvalue weighted by Gasteiger charge is -2.21. The van der Waals surface area contributed by atoms with Gasteiger partial charge in [-0.2, -0.15) is 0 Å². The summed E-state index contributed by atoms with van der Waals surface area (Å²) in [5.41, 5.74) is 1.10. The van der Waals surface area contributed by atoms with Crippen LogP contribution < -0.4 is 0 Å². The molecule has 124 valence electrons. The molecule has 0 spiro atoms. The van der Waals surface area contributed by atoms with E-state index in [1.807, 2.05) is 13.8 Å². The number of rotatable bonds is 13. The molecule has 0 aliphatic carbocycles. The lowest BCUT2D eigenvalue weighted by Crippen LogP contribution is -2.31. The highest BCUT2D eigenvalue weighted by molar-refractivity contribution is 5.88. The SMILES string of the molecule is CCCCCCCN(CCCCCCC)C(=O)C=C(C)C. The van der Waals surface area contributed by atoms with Gasteiger partial charge in [0.2, 0.25) is 5.91 Å². The van der Waals surface area contributed by atoms with Crippen molar-refractivity contribution in [2.45, 2.75) is 91.9 Å². The summed E-state index contributed by atoms with van der Waals surface area (Å²) in [7, 11) is 0. The summed E-state index contributed by atoms with van der Waals surface area (Å²) in [6, 6.07) is 0. The molecule has 0 radical (unpaired) electrons. The molecule has 0 atom stereocenters. The zero-order valence-corrected chi connectivity index (χ0v) is 14.9. The third-order valence-electron chi connectivity index (χ3n) is 3.79. The number of allylic oxidation sites excluding steroid dienone is 1. The standard InChI is InChI=1S/C19H37NO/c1-5-7-9-11-13-15-20(19(21)17-18(3)4)16-14-12-10-8-6-2/h17H,5-16H2,1-4H3. The van der Waals surface area contributed by atoms with Crippen LogP contribution in [0.2, 0.25) is 0 Å². The van der Waals surface area contributed by atoms with E-state index in [-0.39, 0.29) is 5.91 Å². The molecule has 0 N–H and O–H groups in total. The van der Waals surface area contributed by atoms with Crippen molar-refractivity contribution in [3.05, 3.63) is 11.6 Å². The molecule has 0 aromatic carbocycles. The summed E-state index contributed by atoms with van der Waals surface area (Å²) in [6.45, 7) is 10.3. The first-order valence-corrected chi connectivity index (χ1v) is 9.05. The highest BCUT2D eigenvalue weighted by Crippen LogP contribution is 2.08. The van der Waals surface area contributed by atoms with E-state index >= 15 is 0 Å². The molecule has 0 unspecified atom stereocenters. The highest BCUT2D eigenvalue weighted by Gasteiger charge is 2.10. The molecular formula is C19H37NO. The van der Waals surface area contributed by atoms with Crippen molar-refractivity contribution in [3.63, 3.8) is 0 Å². The van der Waals surface area contributed by atoms with Crippen molar-refractivity contribution in [1.82, 2.24) is 4.90 Å².